The molecule has 2 aliphatic rings. The van der Waals surface area contributed by atoms with E-state index in [0.29, 0.717) is 17.9 Å². The molecule has 0 heterocycles. The molecule has 0 aliphatic heterocycles. The molecule has 19 heavy (non-hydrogen) atoms. The van der Waals surface area contributed by atoms with Gasteiger partial charge in [0.1, 0.15) is 0 Å². The molecule has 3 nitrogen and oxygen atoms in total. The second-order valence-corrected chi connectivity index (χ2v) is 5.52. The van der Waals surface area contributed by atoms with Gasteiger partial charge < -0.3 is 10.6 Å². The largest absolute Gasteiger partial charge is 0.335 e. The van der Waals surface area contributed by atoms with E-state index in [-0.39, 0.29) is 6.03 Å². The zero-order chi connectivity index (χ0) is 13.2. The molecular weight excluding hydrogens is 236 g/mol. The van der Waals surface area contributed by atoms with Gasteiger partial charge in [0.25, 0.3) is 0 Å². The first-order valence-electron chi connectivity index (χ1n) is 6.90. The molecular formula is C16H18N2O. The number of hydrogen-bond donors (Lipinski definition) is 2. The fraction of sp³-hybridized carbons (Fsp3) is 0.438. The molecule has 2 saturated carbocycles. The van der Waals surface area contributed by atoms with Crippen LogP contribution in [-0.2, 0) is 0 Å². The summed E-state index contributed by atoms with van der Waals surface area (Å²) in [6, 6.07) is 7.62. The normalized spacial score (nSPS) is 17.9. The van der Waals surface area contributed by atoms with Crippen molar-refractivity contribution in [1.82, 2.24) is 5.32 Å². The highest BCUT2D eigenvalue weighted by atomic mass is 16.2. The molecule has 0 unspecified atom stereocenters. The summed E-state index contributed by atoms with van der Waals surface area (Å²) in [4.78, 5) is 12.0. The van der Waals surface area contributed by atoms with E-state index in [1.165, 1.54) is 25.7 Å². The molecule has 1 aromatic rings. The first-order chi connectivity index (χ1) is 9.26. The van der Waals surface area contributed by atoms with E-state index in [1.54, 1.807) is 0 Å². The molecule has 1 aromatic carbocycles. The average Bonchev–Trinajstić information content (AvgIpc) is 3.29. The lowest BCUT2D eigenvalue weighted by atomic mass is 10.1. The summed E-state index contributed by atoms with van der Waals surface area (Å²) >= 11 is 0. The number of carbonyl (C=O) groups is 1. The maximum absolute atomic E-state index is 12.0. The van der Waals surface area contributed by atoms with Crippen molar-refractivity contribution in [1.29, 1.82) is 0 Å². The van der Waals surface area contributed by atoms with Crippen molar-refractivity contribution in [3.8, 4) is 12.3 Å². The van der Waals surface area contributed by atoms with Gasteiger partial charge in [-0.05, 0) is 55.7 Å². The zero-order valence-electron chi connectivity index (χ0n) is 10.9. The fourth-order valence-corrected chi connectivity index (χ4v) is 2.54. The van der Waals surface area contributed by atoms with Crippen molar-refractivity contribution in [2.75, 3.05) is 5.32 Å². The van der Waals surface area contributed by atoms with E-state index in [9.17, 15) is 4.79 Å². The van der Waals surface area contributed by atoms with Gasteiger partial charge in [0, 0.05) is 17.3 Å². The van der Waals surface area contributed by atoms with Crippen molar-refractivity contribution in [2.45, 2.75) is 31.7 Å². The van der Waals surface area contributed by atoms with E-state index >= 15 is 0 Å². The van der Waals surface area contributed by atoms with E-state index in [2.05, 4.69) is 16.6 Å². The monoisotopic (exact) mass is 254 g/mol. The lowest BCUT2D eigenvalue weighted by Crippen LogP contribution is -2.40. The second kappa shape index (κ2) is 4.97. The van der Waals surface area contributed by atoms with Gasteiger partial charge in [0.2, 0.25) is 0 Å². The Hall–Kier alpha value is -1.95. The van der Waals surface area contributed by atoms with Gasteiger partial charge in [-0.1, -0.05) is 12.0 Å². The number of carbonyl (C=O) groups excluding carboxylic acids is 1. The summed E-state index contributed by atoms with van der Waals surface area (Å²) in [6.07, 6.45) is 10.4. The molecule has 0 bridgehead atoms. The Kier molecular flexibility index (Phi) is 3.16. The second-order valence-electron chi connectivity index (χ2n) is 5.52. The zero-order valence-corrected chi connectivity index (χ0v) is 10.9. The predicted molar refractivity (Wildman–Crippen MR) is 75.8 cm³/mol. The standard InChI is InChI=1S/C16H18N2O/c1-2-11-4-3-5-14(10-11)17-16(19)18-15(12-6-7-12)13-8-9-13/h1,3-5,10,12-13,15H,6-9H2,(H2,17,18,19). The van der Waals surface area contributed by atoms with Crippen molar-refractivity contribution in [3.63, 3.8) is 0 Å². The Bertz CT molecular complexity index is 512. The number of amides is 2. The summed E-state index contributed by atoms with van der Waals surface area (Å²) < 4.78 is 0. The predicted octanol–water partition coefficient (Wildman–Crippen LogP) is 2.98. The number of nitrogens with one attached hydrogen (secondary N) is 2. The molecule has 2 N–H and O–H groups in total. The van der Waals surface area contributed by atoms with Crippen LogP contribution < -0.4 is 10.6 Å². The van der Waals surface area contributed by atoms with E-state index < -0.39 is 0 Å². The highest BCUT2D eigenvalue weighted by molar-refractivity contribution is 5.89. The molecule has 3 rings (SSSR count). The lowest BCUT2D eigenvalue weighted by Gasteiger charge is -2.18. The van der Waals surface area contributed by atoms with Crippen LogP contribution in [0.15, 0.2) is 24.3 Å². The number of urea groups is 1. The smallest absolute Gasteiger partial charge is 0.319 e. The number of terminal acetylenes is 1. The Morgan fingerprint density at radius 2 is 1.95 bits per heavy atom. The van der Waals surface area contributed by atoms with E-state index in [1.807, 2.05) is 24.3 Å². The molecule has 0 spiro atoms. The van der Waals surface area contributed by atoms with Gasteiger partial charge in [-0.25, -0.2) is 4.79 Å². The summed E-state index contributed by atoms with van der Waals surface area (Å²) in [5.41, 5.74) is 1.53. The minimum atomic E-state index is -0.113. The first kappa shape index (κ1) is 12.1. The summed E-state index contributed by atoms with van der Waals surface area (Å²) in [7, 11) is 0. The third-order valence-corrected chi connectivity index (χ3v) is 3.84. The van der Waals surface area contributed by atoms with Crippen LogP contribution in [0.25, 0.3) is 0 Å². The Labute approximate surface area is 113 Å². The average molecular weight is 254 g/mol. The van der Waals surface area contributed by atoms with Crippen LogP contribution in [0.4, 0.5) is 10.5 Å². The third kappa shape index (κ3) is 3.08. The van der Waals surface area contributed by atoms with Gasteiger partial charge in [-0.15, -0.1) is 6.42 Å². The quantitative estimate of drug-likeness (QED) is 0.797. The minimum Gasteiger partial charge on any atom is -0.335 e. The Balaban J connectivity index is 1.59. The van der Waals surface area contributed by atoms with Crippen LogP contribution in [0.2, 0.25) is 0 Å². The molecule has 2 aliphatic carbocycles. The van der Waals surface area contributed by atoms with Crippen LogP contribution in [0.3, 0.4) is 0 Å². The van der Waals surface area contributed by atoms with Crippen LogP contribution in [0.1, 0.15) is 31.2 Å². The van der Waals surface area contributed by atoms with Crippen LogP contribution >= 0.6 is 0 Å². The number of hydrogen-bond acceptors (Lipinski definition) is 1. The summed E-state index contributed by atoms with van der Waals surface area (Å²) in [5.74, 6) is 3.97. The van der Waals surface area contributed by atoms with Crippen LogP contribution in [0, 0.1) is 24.2 Å². The number of benzene rings is 1. The maximum atomic E-state index is 12.0. The highest BCUT2D eigenvalue weighted by Crippen LogP contribution is 2.44. The Morgan fingerprint density at radius 1 is 1.26 bits per heavy atom. The molecule has 2 amide bonds. The van der Waals surface area contributed by atoms with Crippen molar-refractivity contribution < 1.29 is 4.79 Å². The molecule has 0 aromatic heterocycles. The Morgan fingerprint density at radius 3 is 2.53 bits per heavy atom. The molecule has 0 radical (unpaired) electrons. The van der Waals surface area contributed by atoms with Crippen molar-refractivity contribution >= 4 is 11.7 Å². The SMILES string of the molecule is C#Cc1cccc(NC(=O)NC(C2CC2)C2CC2)c1. The lowest BCUT2D eigenvalue weighted by molar-refractivity contribution is 0.245. The number of rotatable bonds is 4. The topological polar surface area (TPSA) is 41.1 Å². The molecule has 3 heteroatoms. The van der Waals surface area contributed by atoms with Gasteiger partial charge >= 0.3 is 6.03 Å². The highest BCUT2D eigenvalue weighted by Gasteiger charge is 2.42. The van der Waals surface area contributed by atoms with Gasteiger partial charge in [-0.3, -0.25) is 0 Å². The summed E-state index contributed by atoms with van der Waals surface area (Å²) in [5, 5.41) is 5.99. The van der Waals surface area contributed by atoms with Crippen LogP contribution in [0.5, 0.6) is 0 Å². The molecule has 0 atom stereocenters. The molecule has 2 fully saturated rings. The van der Waals surface area contributed by atoms with E-state index in [4.69, 9.17) is 6.42 Å². The fourth-order valence-electron chi connectivity index (χ4n) is 2.54. The third-order valence-electron chi connectivity index (χ3n) is 3.84. The summed E-state index contributed by atoms with van der Waals surface area (Å²) in [6.45, 7) is 0. The van der Waals surface area contributed by atoms with Crippen molar-refractivity contribution in [2.24, 2.45) is 11.8 Å². The minimum absolute atomic E-state index is 0.113. The van der Waals surface area contributed by atoms with Crippen molar-refractivity contribution in [3.05, 3.63) is 29.8 Å². The molecule has 98 valence electrons. The molecule has 0 saturated heterocycles. The van der Waals surface area contributed by atoms with Gasteiger partial charge in [-0.2, -0.15) is 0 Å². The van der Waals surface area contributed by atoms with Gasteiger partial charge in [0.15, 0.2) is 0 Å². The van der Waals surface area contributed by atoms with E-state index in [0.717, 1.165) is 11.3 Å². The maximum Gasteiger partial charge on any atom is 0.319 e. The van der Waals surface area contributed by atoms with Gasteiger partial charge in [0.05, 0.1) is 0 Å². The first-order valence-corrected chi connectivity index (χ1v) is 6.90. The van der Waals surface area contributed by atoms with Crippen LogP contribution in [-0.4, -0.2) is 12.1 Å². The number of anilines is 1.